The lowest BCUT2D eigenvalue weighted by Crippen LogP contribution is -2.65. The molecule has 1 atom stereocenters. The number of thiophene rings is 1. The number of hydrogen-bond donors (Lipinski definition) is 4. The molecule has 0 spiro atoms. The van der Waals surface area contributed by atoms with E-state index in [0.717, 1.165) is 32.3 Å². The van der Waals surface area contributed by atoms with Gasteiger partial charge in [-0.25, -0.2) is 9.18 Å². The number of hydrogen-bond acceptors (Lipinski definition) is 13. The van der Waals surface area contributed by atoms with Crippen LogP contribution in [0.5, 0.6) is 0 Å². The Labute approximate surface area is 444 Å². The standard InChI is InChI=1S/C53H55ClFN13O7S/c1-29-30(2)76-53-48(29)50(32-10-12-35(54)13-11-32)61-39(52-63-62-31(3)66(52)53)24-43(70)57-19-6-5-18-56-42(69)14-15-46(73)68-20-16-33(17-21-68)51-49-36(37-23-41-34(22-38(37)55)25-60-67(41)68)8-7-9-40(49)65(64-51)28-45(72)58-26-44(71)59-27-47(74)75-4/h7-13,22-23,25,33,39H,5-6,14-21,24,26-28H2,1-4H3,(H3-,56,57,58,59,69,70,71,72)/p+1/t33?,39-,68?/m0/s1. The van der Waals surface area contributed by atoms with Crippen LogP contribution in [0.25, 0.3) is 37.9 Å². The number of unbranched alkanes of at least 4 members (excludes halogenated alkanes) is 1. The number of quaternary nitrogens is 1. The molecule has 8 heterocycles. The van der Waals surface area contributed by atoms with Crippen LogP contribution in [0, 0.1) is 26.6 Å². The highest BCUT2D eigenvalue weighted by atomic mass is 35.5. The van der Waals surface area contributed by atoms with Gasteiger partial charge in [0.2, 0.25) is 23.6 Å². The lowest BCUT2D eigenvalue weighted by Gasteiger charge is -2.39. The molecule has 4 aromatic heterocycles. The zero-order valence-electron chi connectivity index (χ0n) is 42.4. The number of nitrogens with one attached hydrogen (secondary N) is 4. The van der Waals surface area contributed by atoms with Crippen molar-refractivity contribution < 1.29 is 37.9 Å². The molecule has 11 rings (SSSR count). The number of ether oxygens (including phenoxy) is 1. The predicted octanol–water partition coefficient (Wildman–Crippen LogP) is 5.45. The van der Waals surface area contributed by atoms with Crippen LogP contribution >= 0.6 is 22.9 Å². The van der Waals surface area contributed by atoms with Crippen LogP contribution in [0.1, 0.15) is 95.8 Å². The Morgan fingerprint density at radius 1 is 0.842 bits per heavy atom. The molecule has 5 amide bonds. The van der Waals surface area contributed by atoms with E-state index in [4.69, 9.17) is 26.8 Å². The summed E-state index contributed by atoms with van der Waals surface area (Å²) in [5.41, 5.74) is 6.40. The first-order chi connectivity index (χ1) is 36.6. The molecule has 0 saturated carbocycles. The molecular weight excluding hydrogens is 1020 g/mol. The lowest BCUT2D eigenvalue weighted by atomic mass is 9.88. The second kappa shape index (κ2) is 21.5. The maximum atomic E-state index is 16.2. The highest BCUT2D eigenvalue weighted by Gasteiger charge is 2.46. The van der Waals surface area contributed by atoms with Crippen molar-refractivity contribution >= 4 is 86.0 Å². The quantitative estimate of drug-likeness (QED) is 0.0508. The largest absolute Gasteiger partial charge is 0.468 e. The fourth-order valence-corrected chi connectivity index (χ4v) is 11.9. The van der Waals surface area contributed by atoms with Crippen LogP contribution in [-0.2, 0) is 40.0 Å². The minimum absolute atomic E-state index is 0.0504. The van der Waals surface area contributed by atoms with Gasteiger partial charge in [0.1, 0.15) is 54.4 Å². The molecule has 7 aromatic rings. The van der Waals surface area contributed by atoms with Crippen LogP contribution in [0.15, 0.2) is 65.8 Å². The summed E-state index contributed by atoms with van der Waals surface area (Å²) in [5.74, 6) is -1.77. The SMILES string of the molecule is COC(=O)CNC(=O)CNC(=O)Cn1nc2c3c(cccc31)-c1cc3c(cnn3[N+]3(C(=O)CCC(=O)NCCCCNC(=O)C[C@@H]4N=C(c5ccc(Cl)cc5)c5c(sc(C)c5C)-n5c(C)nnc54)CCC2CC3)cc1F. The zero-order valence-corrected chi connectivity index (χ0v) is 43.9. The summed E-state index contributed by atoms with van der Waals surface area (Å²) < 4.78 is 24.1. The molecule has 0 aliphatic carbocycles. The molecule has 76 heavy (non-hydrogen) atoms. The first-order valence-electron chi connectivity index (χ1n) is 25.2. The van der Waals surface area contributed by atoms with Gasteiger partial charge in [0.05, 0.1) is 49.6 Å². The Bertz CT molecular complexity index is 3500. The Kier molecular flexibility index (Phi) is 14.7. The van der Waals surface area contributed by atoms with Gasteiger partial charge >= 0.3 is 11.9 Å². The highest BCUT2D eigenvalue weighted by Crippen LogP contribution is 2.43. The summed E-state index contributed by atoms with van der Waals surface area (Å²) in [6.45, 7) is 6.47. The number of nitrogens with zero attached hydrogens (tertiary/aromatic N) is 9. The van der Waals surface area contributed by atoms with Crippen molar-refractivity contribution in [2.45, 2.75) is 84.2 Å². The van der Waals surface area contributed by atoms with E-state index >= 15 is 4.39 Å². The number of carbonyl (C=O) groups is 6. The second-order valence-corrected chi connectivity index (χ2v) is 21.0. The van der Waals surface area contributed by atoms with E-state index in [1.165, 1.54) is 13.2 Å². The van der Waals surface area contributed by atoms with Gasteiger partial charge < -0.3 is 26.0 Å². The minimum Gasteiger partial charge on any atom is -0.468 e. The molecule has 394 valence electrons. The molecule has 4 bridgehead atoms. The third-order valence-electron chi connectivity index (χ3n) is 14.6. The molecule has 0 unspecified atom stereocenters. The number of aliphatic imine (C=N–C) groups is 1. The van der Waals surface area contributed by atoms with E-state index in [1.54, 1.807) is 39.1 Å². The topological polar surface area (TPSA) is 238 Å². The van der Waals surface area contributed by atoms with Crippen molar-refractivity contribution in [3.63, 3.8) is 0 Å². The van der Waals surface area contributed by atoms with Gasteiger partial charge in [0.15, 0.2) is 5.82 Å². The third kappa shape index (κ3) is 9.98. The Morgan fingerprint density at radius 2 is 1.58 bits per heavy atom. The highest BCUT2D eigenvalue weighted by molar-refractivity contribution is 7.15. The lowest BCUT2D eigenvalue weighted by molar-refractivity contribution is -0.142. The molecule has 3 aromatic carbocycles. The molecule has 4 aliphatic rings. The number of amides is 5. The number of carbonyl (C=O) groups excluding carboxylic acids is 6. The van der Waals surface area contributed by atoms with Crippen LogP contribution in [0.2, 0.25) is 5.02 Å². The van der Waals surface area contributed by atoms with Crippen LogP contribution in [0.3, 0.4) is 0 Å². The summed E-state index contributed by atoms with van der Waals surface area (Å²) >= 11 is 7.90. The van der Waals surface area contributed by atoms with Gasteiger partial charge in [-0.05, 0) is 75.1 Å². The van der Waals surface area contributed by atoms with Gasteiger partial charge in [-0.1, -0.05) is 40.7 Å². The summed E-state index contributed by atoms with van der Waals surface area (Å²) in [4.78, 5) is 86.4. The van der Waals surface area contributed by atoms with E-state index in [-0.39, 0.29) is 72.7 Å². The number of aromatic nitrogens is 7. The van der Waals surface area contributed by atoms with Gasteiger partial charge in [-0.3, -0.25) is 38.2 Å². The summed E-state index contributed by atoms with van der Waals surface area (Å²) in [7, 11) is 1.20. The van der Waals surface area contributed by atoms with Crippen molar-refractivity contribution in [3.8, 4) is 16.1 Å². The van der Waals surface area contributed by atoms with Crippen LogP contribution in [0.4, 0.5) is 4.39 Å². The Balaban J connectivity index is 0.761. The molecule has 20 nitrogen and oxygen atoms in total. The summed E-state index contributed by atoms with van der Waals surface area (Å²) in [6, 6.07) is 15.4. The van der Waals surface area contributed by atoms with E-state index in [1.807, 2.05) is 47.9 Å². The summed E-state index contributed by atoms with van der Waals surface area (Å²) in [6.07, 6.45) is 3.65. The number of aryl methyl sites for hydroxylation is 2. The Morgan fingerprint density at radius 3 is 2.33 bits per heavy atom. The third-order valence-corrected chi connectivity index (χ3v) is 16.0. The number of piperidine rings is 1. The molecule has 4 aliphatic heterocycles. The smallest absolute Gasteiger partial charge is 0.340 e. The van der Waals surface area contributed by atoms with Crippen molar-refractivity contribution in [1.82, 2.24) is 60.3 Å². The fourth-order valence-electron chi connectivity index (χ4n) is 10.5. The molecule has 0 radical (unpaired) electrons. The van der Waals surface area contributed by atoms with E-state index in [2.05, 4.69) is 50.0 Å². The van der Waals surface area contributed by atoms with Crippen molar-refractivity contribution in [2.75, 3.05) is 46.4 Å². The fraction of sp³-hybridized carbons (Fsp3) is 0.377. The number of fused-ring (bicyclic) bond motifs is 5. The molecule has 4 N–H and O–H groups in total. The predicted molar refractivity (Wildman–Crippen MR) is 283 cm³/mol. The maximum Gasteiger partial charge on any atom is 0.340 e. The van der Waals surface area contributed by atoms with Gasteiger partial charge in [0.25, 0.3) is 0 Å². The monoisotopic (exact) mass is 1070 g/mol. The van der Waals surface area contributed by atoms with Gasteiger partial charge in [0, 0.05) is 75.6 Å². The molecular formula is C53H56ClFN13O7S+. The maximum absolute atomic E-state index is 16.2. The number of esters is 1. The van der Waals surface area contributed by atoms with Crippen LogP contribution in [-0.4, -0.2) is 122 Å². The number of halogens is 2. The van der Waals surface area contributed by atoms with E-state index < -0.39 is 29.6 Å². The van der Waals surface area contributed by atoms with Crippen LogP contribution < -0.4 is 25.9 Å². The van der Waals surface area contributed by atoms with Crippen molar-refractivity contribution in [1.29, 1.82) is 0 Å². The number of methoxy groups -OCH3 is 1. The molecule has 1 saturated heterocycles. The molecule has 23 heteroatoms. The first kappa shape index (κ1) is 51.8. The number of rotatable bonds is 17. The second-order valence-electron chi connectivity index (χ2n) is 19.4. The molecule has 1 fully saturated rings. The summed E-state index contributed by atoms with van der Waals surface area (Å²) in [5, 5.41) is 32.2. The van der Waals surface area contributed by atoms with E-state index in [0.29, 0.717) is 102 Å². The van der Waals surface area contributed by atoms with Gasteiger partial charge in [-0.15, -0.1) is 31.2 Å². The average Bonchev–Trinajstić information content (AvgIpc) is 4.18. The minimum atomic E-state index is -0.628. The van der Waals surface area contributed by atoms with E-state index in [9.17, 15) is 28.8 Å². The normalized spacial score (nSPS) is 17.3. The van der Waals surface area contributed by atoms with Crippen molar-refractivity contribution in [3.05, 3.63) is 111 Å². The number of benzene rings is 3. The van der Waals surface area contributed by atoms with Crippen molar-refractivity contribution in [2.24, 2.45) is 4.99 Å². The Hall–Kier alpha value is -7.69. The average molecular weight is 1070 g/mol. The van der Waals surface area contributed by atoms with Gasteiger partial charge in [-0.2, -0.15) is 5.10 Å². The first-order valence-corrected chi connectivity index (χ1v) is 26.4. The zero-order chi connectivity index (χ0) is 53.4.